The first-order valence-electron chi connectivity index (χ1n) is 10.9. The van der Waals surface area contributed by atoms with Gasteiger partial charge in [-0.25, -0.2) is 13.9 Å². The highest BCUT2D eigenvalue weighted by molar-refractivity contribution is 5.92. The van der Waals surface area contributed by atoms with Gasteiger partial charge in [0.2, 0.25) is 5.95 Å². The van der Waals surface area contributed by atoms with Crippen molar-refractivity contribution in [3.63, 3.8) is 0 Å². The van der Waals surface area contributed by atoms with Crippen LogP contribution in [0.25, 0.3) is 16.8 Å². The summed E-state index contributed by atoms with van der Waals surface area (Å²) in [5, 5.41) is 10.2. The molecule has 0 spiro atoms. The molecule has 9 heteroatoms. The highest BCUT2D eigenvalue weighted by Gasteiger charge is 2.21. The van der Waals surface area contributed by atoms with Crippen LogP contribution in [0.5, 0.6) is 0 Å². The van der Waals surface area contributed by atoms with E-state index >= 15 is 0 Å². The van der Waals surface area contributed by atoms with Crippen LogP contribution in [0.1, 0.15) is 22.5 Å². The summed E-state index contributed by atoms with van der Waals surface area (Å²) in [5.74, 6) is 0.193. The first-order chi connectivity index (χ1) is 16.1. The number of likely N-dealkylation sites (tertiary alicyclic amines) is 1. The van der Waals surface area contributed by atoms with Gasteiger partial charge in [-0.1, -0.05) is 24.3 Å². The van der Waals surface area contributed by atoms with E-state index in [9.17, 15) is 9.18 Å². The fraction of sp³-hybridized carbons (Fsp3) is 0.250. The van der Waals surface area contributed by atoms with Gasteiger partial charge in [0.15, 0.2) is 5.65 Å². The molecule has 3 aromatic heterocycles. The second-order valence-corrected chi connectivity index (χ2v) is 8.08. The molecule has 0 bridgehead atoms. The summed E-state index contributed by atoms with van der Waals surface area (Å²) in [6, 6.07) is 15.6. The zero-order valence-corrected chi connectivity index (χ0v) is 18.2. The maximum Gasteiger partial charge on any atom is 0.269 e. The molecule has 1 fully saturated rings. The summed E-state index contributed by atoms with van der Waals surface area (Å²) < 4.78 is 15.2. The number of nitrogens with one attached hydrogen (secondary N) is 2. The Bertz CT molecular complexity index is 1270. The van der Waals surface area contributed by atoms with Gasteiger partial charge in [0, 0.05) is 38.4 Å². The number of nitrogens with zero attached hydrogens (tertiary/aromatic N) is 5. The molecule has 1 amide bonds. The van der Waals surface area contributed by atoms with E-state index in [1.165, 1.54) is 0 Å². The minimum Gasteiger partial charge on any atom is -0.354 e. The molecule has 0 radical (unpaired) electrons. The van der Waals surface area contributed by atoms with Crippen LogP contribution in [0.2, 0.25) is 0 Å². The van der Waals surface area contributed by atoms with Gasteiger partial charge in [0.1, 0.15) is 11.9 Å². The Hall–Kier alpha value is -3.85. The van der Waals surface area contributed by atoms with Crippen LogP contribution in [0, 0.1) is 0 Å². The maximum absolute atomic E-state index is 13.4. The molecule has 1 aromatic carbocycles. The fourth-order valence-corrected chi connectivity index (χ4v) is 4.02. The number of halogens is 1. The summed E-state index contributed by atoms with van der Waals surface area (Å²) in [5.41, 5.74) is 4.90. The number of carbonyl (C=O) groups excluding carboxylic acids is 1. The fourth-order valence-electron chi connectivity index (χ4n) is 4.02. The van der Waals surface area contributed by atoms with Gasteiger partial charge >= 0.3 is 0 Å². The largest absolute Gasteiger partial charge is 0.354 e. The number of anilines is 2. The third-order valence-corrected chi connectivity index (χ3v) is 5.73. The predicted octanol–water partition coefficient (Wildman–Crippen LogP) is 3.44. The van der Waals surface area contributed by atoms with Crippen molar-refractivity contribution < 1.29 is 9.18 Å². The van der Waals surface area contributed by atoms with E-state index in [0.717, 1.165) is 35.4 Å². The molecule has 8 nitrogen and oxygen atoms in total. The third kappa shape index (κ3) is 4.54. The molecule has 0 saturated carbocycles. The van der Waals surface area contributed by atoms with Crippen molar-refractivity contribution in [3.05, 3.63) is 72.2 Å². The first-order valence-corrected chi connectivity index (χ1v) is 10.9. The lowest BCUT2D eigenvalue weighted by Gasteiger charge is -2.14. The second kappa shape index (κ2) is 8.95. The normalized spacial score (nSPS) is 16.2. The van der Waals surface area contributed by atoms with Crippen LogP contribution >= 0.6 is 0 Å². The third-order valence-electron chi connectivity index (χ3n) is 5.73. The van der Waals surface area contributed by atoms with E-state index < -0.39 is 6.17 Å². The Morgan fingerprint density at radius 3 is 2.73 bits per heavy atom. The minimum absolute atomic E-state index is 0.241. The molecule has 1 atom stereocenters. The van der Waals surface area contributed by atoms with Crippen LogP contribution in [0.4, 0.5) is 16.0 Å². The first kappa shape index (κ1) is 21.0. The summed E-state index contributed by atoms with van der Waals surface area (Å²) >= 11 is 0. The lowest BCUT2D eigenvalue weighted by atomic mass is 10.0. The van der Waals surface area contributed by atoms with Gasteiger partial charge in [0.25, 0.3) is 5.91 Å². The molecule has 1 aliphatic heterocycles. The summed E-state index contributed by atoms with van der Waals surface area (Å²) in [6.45, 7) is 2.08. The monoisotopic (exact) mass is 445 g/mol. The zero-order chi connectivity index (χ0) is 22.8. The van der Waals surface area contributed by atoms with Gasteiger partial charge in [-0.2, -0.15) is 4.98 Å². The van der Waals surface area contributed by atoms with Crippen LogP contribution in [0.3, 0.4) is 0 Å². The summed E-state index contributed by atoms with van der Waals surface area (Å²) in [6.07, 6.45) is 3.33. The molecule has 33 heavy (non-hydrogen) atoms. The Balaban J connectivity index is 1.35. The zero-order valence-electron chi connectivity index (χ0n) is 18.2. The lowest BCUT2D eigenvalue weighted by molar-refractivity contribution is 0.0958. The van der Waals surface area contributed by atoms with E-state index in [1.807, 2.05) is 18.3 Å². The number of carbonyl (C=O) groups is 1. The van der Waals surface area contributed by atoms with Crippen LogP contribution in [-0.4, -0.2) is 56.7 Å². The van der Waals surface area contributed by atoms with Crippen LogP contribution < -0.4 is 10.6 Å². The molecule has 4 heterocycles. The van der Waals surface area contributed by atoms with Gasteiger partial charge < -0.3 is 10.6 Å². The maximum atomic E-state index is 13.4. The van der Waals surface area contributed by atoms with Crippen molar-refractivity contribution in [2.24, 2.45) is 0 Å². The van der Waals surface area contributed by atoms with E-state index in [0.29, 0.717) is 30.3 Å². The number of hydrogen-bond acceptors (Lipinski definition) is 6. The van der Waals surface area contributed by atoms with E-state index in [1.54, 1.807) is 29.9 Å². The number of fused-ring (bicyclic) bond motifs is 1. The number of alkyl halides is 1. The number of rotatable bonds is 6. The van der Waals surface area contributed by atoms with Crippen LogP contribution in [-0.2, 0) is 6.54 Å². The molecule has 5 rings (SSSR count). The van der Waals surface area contributed by atoms with Crippen molar-refractivity contribution in [1.29, 1.82) is 0 Å². The number of pyridine rings is 2. The molecule has 0 unspecified atom stereocenters. The van der Waals surface area contributed by atoms with Gasteiger partial charge in [-0.3, -0.25) is 9.69 Å². The van der Waals surface area contributed by atoms with Crippen molar-refractivity contribution in [2.45, 2.75) is 19.1 Å². The van der Waals surface area contributed by atoms with Crippen molar-refractivity contribution in [2.75, 3.05) is 25.5 Å². The molecule has 1 saturated heterocycles. The lowest BCUT2D eigenvalue weighted by Crippen LogP contribution is -2.20. The van der Waals surface area contributed by atoms with Gasteiger partial charge in [-0.05, 0) is 41.8 Å². The molecular formula is C24H24FN7O. The predicted molar refractivity (Wildman–Crippen MR) is 124 cm³/mol. The van der Waals surface area contributed by atoms with Gasteiger partial charge in [-0.15, -0.1) is 5.10 Å². The summed E-state index contributed by atoms with van der Waals surface area (Å²) in [4.78, 5) is 22.6. The smallest absolute Gasteiger partial charge is 0.269 e. The molecule has 0 aliphatic carbocycles. The average molecular weight is 446 g/mol. The van der Waals surface area contributed by atoms with Crippen molar-refractivity contribution in [3.8, 4) is 11.1 Å². The number of hydrogen-bond donors (Lipinski definition) is 2. The average Bonchev–Trinajstić information content (AvgIpc) is 3.44. The summed E-state index contributed by atoms with van der Waals surface area (Å²) in [7, 11) is 1.57. The Labute approximate surface area is 190 Å². The SMILES string of the molecule is CNC(=O)c1ccc(Nc2nc3c(-c4ccc(CN5CC[C@H](F)C5)cc4)cccn3n2)cn1. The topological polar surface area (TPSA) is 87.5 Å². The van der Waals surface area contributed by atoms with Crippen LogP contribution in [0.15, 0.2) is 60.9 Å². The number of aromatic nitrogens is 4. The quantitative estimate of drug-likeness (QED) is 0.473. The van der Waals surface area contributed by atoms with E-state index in [4.69, 9.17) is 0 Å². The van der Waals surface area contributed by atoms with Crippen molar-refractivity contribution in [1.82, 2.24) is 29.8 Å². The number of benzene rings is 1. The highest BCUT2D eigenvalue weighted by Crippen LogP contribution is 2.26. The standard InChI is InChI=1S/C24H24FN7O/c1-26-23(33)21-9-8-19(13-27-21)28-24-29-22-20(3-2-11-32(22)30-24)17-6-4-16(5-7-17)14-31-12-10-18(25)15-31/h2-9,11,13,18H,10,12,14-15H2,1H3,(H,26,33)(H,28,30)/t18-/m0/s1. The molecule has 2 N–H and O–H groups in total. The molecule has 168 valence electrons. The highest BCUT2D eigenvalue weighted by atomic mass is 19.1. The number of amides is 1. The Kier molecular flexibility index (Phi) is 5.70. The second-order valence-electron chi connectivity index (χ2n) is 8.08. The Morgan fingerprint density at radius 2 is 2.03 bits per heavy atom. The van der Waals surface area contributed by atoms with Gasteiger partial charge in [0.05, 0.1) is 11.9 Å². The van der Waals surface area contributed by atoms with E-state index in [2.05, 4.69) is 54.9 Å². The minimum atomic E-state index is -0.706. The molecule has 1 aliphatic rings. The molecule has 4 aromatic rings. The Morgan fingerprint density at radius 1 is 1.18 bits per heavy atom. The van der Waals surface area contributed by atoms with Crippen molar-refractivity contribution >= 4 is 23.2 Å². The van der Waals surface area contributed by atoms with E-state index in [-0.39, 0.29) is 5.91 Å². The molecular weight excluding hydrogens is 421 g/mol.